The van der Waals surface area contributed by atoms with Crippen molar-refractivity contribution in [2.24, 2.45) is 0 Å². The maximum absolute atomic E-state index is 12.3. The van der Waals surface area contributed by atoms with Gasteiger partial charge in [-0.1, -0.05) is 26.0 Å². The second-order valence-electron chi connectivity index (χ2n) is 6.77. The van der Waals surface area contributed by atoms with E-state index in [9.17, 15) is 9.59 Å². The second-order valence-corrected chi connectivity index (χ2v) is 6.77. The first-order valence-corrected chi connectivity index (χ1v) is 8.69. The van der Waals surface area contributed by atoms with Crippen LogP contribution in [0, 0.1) is 0 Å². The summed E-state index contributed by atoms with van der Waals surface area (Å²) in [4.78, 5) is 25.4. The third kappa shape index (κ3) is 4.98. The van der Waals surface area contributed by atoms with Gasteiger partial charge in [-0.25, -0.2) is 0 Å². The Morgan fingerprint density at radius 2 is 1.71 bits per heavy atom. The number of nitrogens with one attached hydrogen (secondary N) is 1. The number of ether oxygens (including phenoxy) is 1. The van der Waals surface area contributed by atoms with Crippen molar-refractivity contribution in [2.75, 3.05) is 13.1 Å². The molecule has 1 aromatic rings. The van der Waals surface area contributed by atoms with Crippen LogP contribution in [0.5, 0.6) is 5.75 Å². The largest absolute Gasteiger partial charge is 0.481 e. The Balaban J connectivity index is 1.81. The molecule has 2 amide bonds. The molecule has 0 saturated carbocycles. The van der Waals surface area contributed by atoms with Crippen molar-refractivity contribution in [3.63, 3.8) is 0 Å². The fourth-order valence-electron chi connectivity index (χ4n) is 2.85. The summed E-state index contributed by atoms with van der Waals surface area (Å²) < 4.78 is 5.74. The van der Waals surface area contributed by atoms with Crippen molar-refractivity contribution >= 4 is 11.8 Å². The van der Waals surface area contributed by atoms with E-state index in [0.29, 0.717) is 24.8 Å². The Hall–Kier alpha value is -2.04. The van der Waals surface area contributed by atoms with Gasteiger partial charge in [-0.05, 0) is 43.4 Å². The molecule has 1 fully saturated rings. The van der Waals surface area contributed by atoms with Crippen molar-refractivity contribution < 1.29 is 14.3 Å². The monoisotopic (exact) mass is 332 g/mol. The number of nitrogens with zero attached hydrogens (tertiary/aromatic N) is 1. The van der Waals surface area contributed by atoms with E-state index >= 15 is 0 Å². The van der Waals surface area contributed by atoms with E-state index in [4.69, 9.17) is 4.74 Å². The molecule has 0 aromatic heterocycles. The molecule has 1 unspecified atom stereocenters. The normalized spacial score (nSPS) is 16.8. The van der Waals surface area contributed by atoms with Gasteiger partial charge in [-0.2, -0.15) is 0 Å². The highest BCUT2D eigenvalue weighted by Gasteiger charge is 2.24. The van der Waals surface area contributed by atoms with Crippen LogP contribution < -0.4 is 10.1 Å². The summed E-state index contributed by atoms with van der Waals surface area (Å²) in [5.74, 6) is 1.17. The van der Waals surface area contributed by atoms with E-state index < -0.39 is 6.10 Å². The van der Waals surface area contributed by atoms with Crippen LogP contribution in [-0.2, 0) is 9.59 Å². The van der Waals surface area contributed by atoms with Gasteiger partial charge in [0.2, 0.25) is 5.91 Å². The van der Waals surface area contributed by atoms with Gasteiger partial charge in [-0.3, -0.25) is 9.59 Å². The van der Waals surface area contributed by atoms with Crippen LogP contribution in [0.4, 0.5) is 0 Å². The number of carbonyl (C=O) groups excluding carboxylic acids is 2. The van der Waals surface area contributed by atoms with E-state index in [1.165, 1.54) is 5.56 Å². The number of benzene rings is 1. The molecule has 0 aliphatic carbocycles. The quantitative estimate of drug-likeness (QED) is 0.902. The molecule has 1 aliphatic rings. The number of rotatable bonds is 5. The number of carbonyl (C=O) groups is 2. The Labute approximate surface area is 144 Å². The van der Waals surface area contributed by atoms with Gasteiger partial charge >= 0.3 is 0 Å². The summed E-state index contributed by atoms with van der Waals surface area (Å²) in [5, 5.41) is 3.03. The minimum Gasteiger partial charge on any atom is -0.481 e. The van der Waals surface area contributed by atoms with E-state index in [2.05, 4.69) is 19.2 Å². The predicted octanol–water partition coefficient (Wildman–Crippen LogP) is 2.70. The molecule has 1 aliphatic heterocycles. The summed E-state index contributed by atoms with van der Waals surface area (Å²) in [7, 11) is 0. The maximum atomic E-state index is 12.3. The number of amides is 2. The second kappa shape index (κ2) is 8.18. The summed E-state index contributed by atoms with van der Waals surface area (Å²) >= 11 is 0. The van der Waals surface area contributed by atoms with Gasteiger partial charge in [0.05, 0.1) is 0 Å². The van der Waals surface area contributed by atoms with Gasteiger partial charge in [0.25, 0.3) is 5.91 Å². The van der Waals surface area contributed by atoms with Gasteiger partial charge in [0.1, 0.15) is 5.75 Å². The fraction of sp³-hybridized carbons (Fsp3) is 0.579. The zero-order valence-corrected chi connectivity index (χ0v) is 15.0. The van der Waals surface area contributed by atoms with Gasteiger partial charge in [0.15, 0.2) is 6.10 Å². The average Bonchev–Trinajstić information content (AvgIpc) is 2.55. The molecule has 1 aromatic carbocycles. The first-order valence-electron chi connectivity index (χ1n) is 8.69. The predicted molar refractivity (Wildman–Crippen MR) is 94.0 cm³/mol. The summed E-state index contributed by atoms with van der Waals surface area (Å²) in [6.45, 7) is 9.03. The van der Waals surface area contributed by atoms with E-state index in [0.717, 1.165) is 12.8 Å². The lowest BCUT2D eigenvalue weighted by molar-refractivity contribution is -0.130. The van der Waals surface area contributed by atoms with Crippen LogP contribution in [0.15, 0.2) is 24.3 Å². The maximum Gasteiger partial charge on any atom is 0.260 e. The lowest BCUT2D eigenvalue weighted by Crippen LogP contribution is -2.48. The van der Waals surface area contributed by atoms with Crippen LogP contribution >= 0.6 is 0 Å². The summed E-state index contributed by atoms with van der Waals surface area (Å²) in [5.41, 5.74) is 1.25. The number of hydrogen-bond donors (Lipinski definition) is 1. The third-order valence-corrected chi connectivity index (χ3v) is 4.52. The van der Waals surface area contributed by atoms with Crippen LogP contribution in [0.1, 0.15) is 52.0 Å². The molecule has 1 heterocycles. The van der Waals surface area contributed by atoms with E-state index in [-0.39, 0.29) is 17.9 Å². The van der Waals surface area contributed by atoms with Gasteiger partial charge in [-0.15, -0.1) is 0 Å². The first kappa shape index (κ1) is 18.3. The summed E-state index contributed by atoms with van der Waals surface area (Å²) in [6, 6.07) is 7.99. The molecule has 0 bridgehead atoms. The molecule has 2 rings (SSSR count). The molecular formula is C19H28N2O3. The Morgan fingerprint density at radius 3 is 2.21 bits per heavy atom. The molecule has 132 valence electrons. The SMILES string of the molecule is CC(=O)N1CCC(NC(=O)C(C)Oc2ccc(C(C)C)cc2)CC1. The molecule has 1 atom stereocenters. The van der Waals surface area contributed by atoms with Crippen molar-refractivity contribution in [3.8, 4) is 5.75 Å². The molecule has 0 radical (unpaired) electrons. The highest BCUT2D eigenvalue weighted by Crippen LogP contribution is 2.19. The van der Waals surface area contributed by atoms with E-state index in [1.807, 2.05) is 29.2 Å². The smallest absolute Gasteiger partial charge is 0.260 e. The summed E-state index contributed by atoms with van der Waals surface area (Å²) in [6.07, 6.45) is 1.04. The topological polar surface area (TPSA) is 58.6 Å². The Morgan fingerprint density at radius 1 is 1.12 bits per heavy atom. The van der Waals surface area contributed by atoms with Crippen LogP contribution in [-0.4, -0.2) is 41.9 Å². The number of likely N-dealkylation sites (tertiary alicyclic amines) is 1. The van der Waals surface area contributed by atoms with Gasteiger partial charge in [0, 0.05) is 26.1 Å². The molecular weight excluding hydrogens is 304 g/mol. The standard InChI is InChI=1S/C19H28N2O3/c1-13(2)16-5-7-18(8-6-16)24-14(3)19(23)20-17-9-11-21(12-10-17)15(4)22/h5-8,13-14,17H,9-12H2,1-4H3,(H,20,23). The zero-order chi connectivity index (χ0) is 17.7. The number of piperidine rings is 1. The minimum absolute atomic E-state index is 0.0984. The van der Waals surface area contributed by atoms with Crippen molar-refractivity contribution in [2.45, 2.75) is 58.6 Å². The third-order valence-electron chi connectivity index (χ3n) is 4.52. The zero-order valence-electron chi connectivity index (χ0n) is 15.0. The Bertz CT molecular complexity index is 560. The van der Waals surface area contributed by atoms with Crippen molar-refractivity contribution in [1.29, 1.82) is 0 Å². The van der Waals surface area contributed by atoms with Gasteiger partial charge < -0.3 is 15.0 Å². The number of hydrogen-bond acceptors (Lipinski definition) is 3. The van der Waals surface area contributed by atoms with Crippen LogP contribution in [0.3, 0.4) is 0 Å². The lowest BCUT2D eigenvalue weighted by atomic mass is 10.0. The highest BCUT2D eigenvalue weighted by molar-refractivity contribution is 5.81. The molecule has 24 heavy (non-hydrogen) atoms. The molecule has 1 saturated heterocycles. The van der Waals surface area contributed by atoms with Crippen molar-refractivity contribution in [3.05, 3.63) is 29.8 Å². The van der Waals surface area contributed by atoms with Crippen molar-refractivity contribution in [1.82, 2.24) is 10.2 Å². The average molecular weight is 332 g/mol. The van der Waals surface area contributed by atoms with Crippen LogP contribution in [0.2, 0.25) is 0 Å². The molecule has 0 spiro atoms. The first-order chi connectivity index (χ1) is 11.4. The Kier molecular flexibility index (Phi) is 6.23. The molecule has 5 nitrogen and oxygen atoms in total. The minimum atomic E-state index is -0.541. The van der Waals surface area contributed by atoms with E-state index in [1.54, 1.807) is 13.8 Å². The fourth-order valence-corrected chi connectivity index (χ4v) is 2.85. The highest BCUT2D eigenvalue weighted by atomic mass is 16.5. The molecule has 5 heteroatoms. The van der Waals surface area contributed by atoms with Crippen LogP contribution in [0.25, 0.3) is 0 Å². The molecule has 1 N–H and O–H groups in total. The lowest BCUT2D eigenvalue weighted by Gasteiger charge is -2.32.